The summed E-state index contributed by atoms with van der Waals surface area (Å²) in [6.45, 7) is 1.56. The van der Waals surface area contributed by atoms with Crippen molar-refractivity contribution in [2.45, 2.75) is 32.2 Å². The van der Waals surface area contributed by atoms with Crippen molar-refractivity contribution >= 4 is 5.91 Å². The summed E-state index contributed by atoms with van der Waals surface area (Å²) in [7, 11) is 0. The minimum atomic E-state index is -4.44. The molecule has 2 atom stereocenters. The smallest absolute Gasteiger partial charge is 0.359 e. The Labute approximate surface area is 109 Å². The predicted octanol–water partition coefficient (Wildman–Crippen LogP) is 2.23. The molecule has 106 valence electrons. The van der Waals surface area contributed by atoms with Crippen molar-refractivity contribution in [3.8, 4) is 0 Å². The molecule has 0 saturated carbocycles. The number of alkyl halides is 3. The van der Waals surface area contributed by atoms with E-state index in [0.717, 1.165) is 5.56 Å². The standard InChI is InChI=1S/C12H15F3N2O2/c1-8(10-3-5-16-6-4-10)17-11(18)9(2)19-7-12(13,14)15/h3-6,8-9H,7H2,1-2H3,(H,17,18)/t8-,9+/m1/s1. The van der Waals surface area contributed by atoms with E-state index in [1.165, 1.54) is 6.92 Å². The number of halogens is 3. The van der Waals surface area contributed by atoms with Crippen LogP contribution in [0.15, 0.2) is 24.5 Å². The zero-order valence-corrected chi connectivity index (χ0v) is 10.6. The van der Waals surface area contributed by atoms with Crippen molar-refractivity contribution in [2.75, 3.05) is 6.61 Å². The predicted molar refractivity (Wildman–Crippen MR) is 62.3 cm³/mol. The Morgan fingerprint density at radius 1 is 1.37 bits per heavy atom. The van der Waals surface area contributed by atoms with Crippen molar-refractivity contribution in [1.29, 1.82) is 0 Å². The van der Waals surface area contributed by atoms with Gasteiger partial charge >= 0.3 is 6.18 Å². The number of hydrogen-bond acceptors (Lipinski definition) is 3. The molecule has 0 spiro atoms. The van der Waals surface area contributed by atoms with Crippen molar-refractivity contribution < 1.29 is 22.7 Å². The van der Waals surface area contributed by atoms with Gasteiger partial charge in [0.15, 0.2) is 0 Å². The van der Waals surface area contributed by atoms with Crippen LogP contribution in [-0.4, -0.2) is 29.8 Å². The summed E-state index contributed by atoms with van der Waals surface area (Å²) < 4.78 is 40.3. The van der Waals surface area contributed by atoms with Crippen LogP contribution in [0.2, 0.25) is 0 Å². The van der Waals surface area contributed by atoms with E-state index < -0.39 is 24.8 Å². The fraction of sp³-hybridized carbons (Fsp3) is 0.500. The number of carbonyl (C=O) groups excluding carboxylic acids is 1. The lowest BCUT2D eigenvalue weighted by Crippen LogP contribution is -2.37. The van der Waals surface area contributed by atoms with Gasteiger partial charge < -0.3 is 10.1 Å². The summed E-state index contributed by atoms with van der Waals surface area (Å²) in [5.74, 6) is -0.589. The van der Waals surface area contributed by atoms with Crippen molar-refractivity contribution in [3.63, 3.8) is 0 Å². The van der Waals surface area contributed by atoms with Gasteiger partial charge in [-0.15, -0.1) is 0 Å². The summed E-state index contributed by atoms with van der Waals surface area (Å²) in [4.78, 5) is 15.5. The lowest BCUT2D eigenvalue weighted by Gasteiger charge is -2.18. The molecule has 0 radical (unpaired) electrons. The first-order chi connectivity index (χ1) is 8.79. The lowest BCUT2D eigenvalue weighted by atomic mass is 10.1. The summed E-state index contributed by atoms with van der Waals surface area (Å²) >= 11 is 0. The van der Waals surface area contributed by atoms with E-state index in [0.29, 0.717) is 0 Å². The van der Waals surface area contributed by atoms with Crippen LogP contribution in [0.1, 0.15) is 25.5 Å². The van der Waals surface area contributed by atoms with Crippen molar-refractivity contribution in [2.24, 2.45) is 0 Å². The monoisotopic (exact) mass is 276 g/mol. The molecule has 1 aromatic rings. The Bertz CT molecular complexity index is 409. The highest BCUT2D eigenvalue weighted by Gasteiger charge is 2.30. The van der Waals surface area contributed by atoms with E-state index in [-0.39, 0.29) is 6.04 Å². The van der Waals surface area contributed by atoms with Gasteiger partial charge in [-0.05, 0) is 31.5 Å². The summed E-state index contributed by atoms with van der Waals surface area (Å²) in [5.41, 5.74) is 0.811. The Hall–Kier alpha value is -1.63. The van der Waals surface area contributed by atoms with Gasteiger partial charge in [0.05, 0.1) is 6.04 Å². The topological polar surface area (TPSA) is 51.2 Å². The number of aromatic nitrogens is 1. The highest BCUT2D eigenvalue weighted by Crippen LogP contribution is 2.16. The molecule has 1 N–H and O–H groups in total. The molecule has 0 bridgehead atoms. The third kappa shape index (κ3) is 5.69. The van der Waals surface area contributed by atoms with E-state index in [1.807, 2.05) is 0 Å². The number of amides is 1. The highest BCUT2D eigenvalue weighted by atomic mass is 19.4. The minimum absolute atomic E-state index is 0.326. The Kier molecular flexibility index (Phi) is 5.29. The maximum atomic E-state index is 11.9. The van der Waals surface area contributed by atoms with Gasteiger partial charge in [0.2, 0.25) is 5.91 Å². The van der Waals surface area contributed by atoms with Crippen LogP contribution in [0, 0.1) is 0 Å². The molecular weight excluding hydrogens is 261 g/mol. The number of ether oxygens (including phenoxy) is 1. The first-order valence-corrected chi connectivity index (χ1v) is 5.68. The molecule has 7 heteroatoms. The number of nitrogens with zero attached hydrogens (tertiary/aromatic N) is 1. The van der Waals surface area contributed by atoms with Gasteiger partial charge in [-0.25, -0.2) is 0 Å². The second-order valence-electron chi connectivity index (χ2n) is 4.08. The summed E-state index contributed by atoms with van der Waals surface area (Å²) in [6.07, 6.45) is -2.46. The van der Waals surface area contributed by atoms with Crippen LogP contribution in [-0.2, 0) is 9.53 Å². The van der Waals surface area contributed by atoms with Crippen LogP contribution >= 0.6 is 0 Å². The summed E-state index contributed by atoms with van der Waals surface area (Å²) in [5, 5.41) is 2.57. The first-order valence-electron chi connectivity index (χ1n) is 5.68. The molecule has 19 heavy (non-hydrogen) atoms. The molecule has 1 rings (SSSR count). The molecule has 1 aromatic heterocycles. The molecule has 0 saturated heterocycles. The largest absolute Gasteiger partial charge is 0.411 e. The summed E-state index contributed by atoms with van der Waals surface area (Å²) in [6, 6.07) is 3.10. The minimum Gasteiger partial charge on any atom is -0.359 e. The molecule has 1 amide bonds. The maximum Gasteiger partial charge on any atom is 0.411 e. The number of pyridine rings is 1. The molecule has 0 unspecified atom stereocenters. The molecule has 4 nitrogen and oxygen atoms in total. The second-order valence-corrected chi connectivity index (χ2v) is 4.08. The normalized spacial score (nSPS) is 14.8. The van der Waals surface area contributed by atoms with Gasteiger partial charge in [0.25, 0.3) is 0 Å². The molecule has 0 aliphatic carbocycles. The third-order valence-corrected chi connectivity index (χ3v) is 2.43. The van der Waals surface area contributed by atoms with E-state index in [4.69, 9.17) is 0 Å². The maximum absolute atomic E-state index is 11.9. The highest BCUT2D eigenvalue weighted by molar-refractivity contribution is 5.80. The van der Waals surface area contributed by atoms with Crippen LogP contribution < -0.4 is 5.32 Å². The molecule has 0 fully saturated rings. The number of carbonyl (C=O) groups is 1. The average molecular weight is 276 g/mol. The van der Waals surface area contributed by atoms with E-state index in [2.05, 4.69) is 15.0 Å². The quantitative estimate of drug-likeness (QED) is 0.897. The van der Waals surface area contributed by atoms with Crippen molar-refractivity contribution in [3.05, 3.63) is 30.1 Å². The molecular formula is C12H15F3N2O2. The molecule has 1 heterocycles. The fourth-order valence-electron chi connectivity index (χ4n) is 1.36. The van der Waals surface area contributed by atoms with Gasteiger partial charge in [0, 0.05) is 12.4 Å². The second kappa shape index (κ2) is 6.51. The first kappa shape index (κ1) is 15.4. The Morgan fingerprint density at radius 2 is 1.95 bits per heavy atom. The van der Waals surface area contributed by atoms with Crippen LogP contribution in [0.5, 0.6) is 0 Å². The van der Waals surface area contributed by atoms with E-state index in [9.17, 15) is 18.0 Å². The number of nitrogens with one attached hydrogen (secondary N) is 1. The Balaban J connectivity index is 2.46. The third-order valence-electron chi connectivity index (χ3n) is 2.43. The lowest BCUT2D eigenvalue weighted by molar-refractivity contribution is -0.185. The van der Waals surface area contributed by atoms with E-state index in [1.54, 1.807) is 31.5 Å². The Morgan fingerprint density at radius 3 is 2.47 bits per heavy atom. The zero-order chi connectivity index (χ0) is 14.5. The van der Waals surface area contributed by atoms with Crippen LogP contribution in [0.4, 0.5) is 13.2 Å². The average Bonchev–Trinajstić information content (AvgIpc) is 2.36. The SMILES string of the molecule is C[C@H](OCC(F)(F)F)C(=O)N[C@H](C)c1ccncc1. The molecule has 0 aliphatic rings. The fourth-order valence-corrected chi connectivity index (χ4v) is 1.36. The van der Waals surface area contributed by atoms with Gasteiger partial charge in [0.1, 0.15) is 12.7 Å². The zero-order valence-electron chi connectivity index (χ0n) is 10.6. The number of hydrogen-bond donors (Lipinski definition) is 1. The van der Waals surface area contributed by atoms with Gasteiger partial charge in [-0.2, -0.15) is 13.2 Å². The van der Waals surface area contributed by atoms with Crippen molar-refractivity contribution in [1.82, 2.24) is 10.3 Å². The molecule has 0 aliphatic heterocycles. The van der Waals surface area contributed by atoms with Crippen LogP contribution in [0.25, 0.3) is 0 Å². The van der Waals surface area contributed by atoms with E-state index >= 15 is 0 Å². The van der Waals surface area contributed by atoms with Gasteiger partial charge in [-0.3, -0.25) is 9.78 Å². The molecule has 0 aromatic carbocycles. The van der Waals surface area contributed by atoms with Gasteiger partial charge in [-0.1, -0.05) is 0 Å². The number of rotatable bonds is 5. The van der Waals surface area contributed by atoms with Crippen LogP contribution in [0.3, 0.4) is 0 Å².